The SMILES string of the molecule is C=CCc1cc(C=Nn2c(C3CCCCC3)nc3ccc(Br)cc3c2=O)cc(OC)c1O[C@@H](C)C(=O)O. The molecule has 1 aliphatic carbocycles. The van der Waals surface area contributed by atoms with Gasteiger partial charge in [-0.15, -0.1) is 6.58 Å². The molecule has 3 aromatic rings. The van der Waals surface area contributed by atoms with E-state index >= 15 is 0 Å². The fourth-order valence-corrected chi connectivity index (χ4v) is 4.97. The molecule has 8 nitrogen and oxygen atoms in total. The molecule has 0 unspecified atom stereocenters. The molecule has 1 N–H and O–H groups in total. The summed E-state index contributed by atoms with van der Waals surface area (Å²) in [6.45, 7) is 5.25. The van der Waals surface area contributed by atoms with Crippen LogP contribution in [0, 0.1) is 0 Å². The minimum absolute atomic E-state index is 0.158. The second-order valence-electron chi connectivity index (χ2n) is 9.13. The van der Waals surface area contributed by atoms with Gasteiger partial charge in [0.2, 0.25) is 0 Å². The molecule has 1 saturated carbocycles. The van der Waals surface area contributed by atoms with Crippen LogP contribution in [0.2, 0.25) is 0 Å². The molecule has 1 fully saturated rings. The van der Waals surface area contributed by atoms with Crippen molar-refractivity contribution in [3.63, 3.8) is 0 Å². The Hall–Kier alpha value is -3.46. The maximum atomic E-state index is 13.6. The maximum Gasteiger partial charge on any atom is 0.344 e. The van der Waals surface area contributed by atoms with Crippen molar-refractivity contribution in [2.75, 3.05) is 7.11 Å². The van der Waals surface area contributed by atoms with Crippen LogP contribution in [0.15, 0.2) is 57.4 Å². The van der Waals surface area contributed by atoms with E-state index in [1.54, 1.807) is 24.4 Å². The molecule has 0 saturated heterocycles. The van der Waals surface area contributed by atoms with Crippen LogP contribution in [-0.4, -0.2) is 40.2 Å². The van der Waals surface area contributed by atoms with E-state index in [1.165, 1.54) is 25.1 Å². The molecule has 1 heterocycles. The summed E-state index contributed by atoms with van der Waals surface area (Å²) in [5, 5.41) is 14.4. The lowest BCUT2D eigenvalue weighted by molar-refractivity contribution is -0.144. The van der Waals surface area contributed by atoms with Crippen molar-refractivity contribution < 1.29 is 19.4 Å². The summed E-state index contributed by atoms with van der Waals surface area (Å²) >= 11 is 3.45. The van der Waals surface area contributed by atoms with Crippen molar-refractivity contribution >= 4 is 39.0 Å². The van der Waals surface area contributed by atoms with E-state index < -0.39 is 12.1 Å². The monoisotopic (exact) mass is 567 g/mol. The molecular weight excluding hydrogens is 538 g/mol. The van der Waals surface area contributed by atoms with Crippen LogP contribution in [0.1, 0.15) is 61.9 Å². The van der Waals surface area contributed by atoms with Crippen molar-refractivity contribution in [2.45, 2.75) is 57.5 Å². The fraction of sp³-hybridized carbons (Fsp3) is 0.357. The zero-order valence-electron chi connectivity index (χ0n) is 20.9. The van der Waals surface area contributed by atoms with Crippen molar-refractivity contribution in [1.29, 1.82) is 0 Å². The summed E-state index contributed by atoms with van der Waals surface area (Å²) in [6.07, 6.45) is 7.98. The van der Waals surface area contributed by atoms with Crippen molar-refractivity contribution in [3.8, 4) is 11.5 Å². The number of hydrogen-bond acceptors (Lipinski definition) is 6. The van der Waals surface area contributed by atoms with Crippen molar-refractivity contribution in [2.24, 2.45) is 5.10 Å². The number of halogens is 1. The molecule has 0 aliphatic heterocycles. The number of hydrogen-bond donors (Lipinski definition) is 1. The Bertz CT molecular complexity index is 1410. The lowest BCUT2D eigenvalue weighted by Crippen LogP contribution is -2.25. The summed E-state index contributed by atoms with van der Waals surface area (Å²) in [5.41, 5.74) is 1.80. The number of carbonyl (C=O) groups is 1. The molecule has 9 heteroatoms. The summed E-state index contributed by atoms with van der Waals surface area (Å²) in [4.78, 5) is 29.8. The molecule has 0 bridgehead atoms. The summed E-state index contributed by atoms with van der Waals surface area (Å²) in [5.74, 6) is 0.457. The summed E-state index contributed by atoms with van der Waals surface area (Å²) in [6, 6.07) is 9.03. The molecule has 1 aromatic heterocycles. The number of methoxy groups -OCH3 is 1. The van der Waals surface area contributed by atoms with Crippen LogP contribution in [0.4, 0.5) is 0 Å². The van der Waals surface area contributed by atoms with Gasteiger partial charge in [0.25, 0.3) is 5.56 Å². The van der Waals surface area contributed by atoms with E-state index in [0.717, 1.165) is 30.2 Å². The molecule has 0 spiro atoms. The quantitative estimate of drug-likeness (QED) is 0.263. The van der Waals surface area contributed by atoms with Gasteiger partial charge in [-0.1, -0.05) is 41.3 Å². The Morgan fingerprint density at radius 3 is 2.73 bits per heavy atom. The molecule has 1 atom stereocenters. The number of allylic oxidation sites excluding steroid dienone is 1. The number of aliphatic carboxylic acids is 1. The highest BCUT2D eigenvalue weighted by molar-refractivity contribution is 9.10. The van der Waals surface area contributed by atoms with E-state index in [1.807, 2.05) is 18.2 Å². The van der Waals surface area contributed by atoms with E-state index in [2.05, 4.69) is 27.6 Å². The van der Waals surface area contributed by atoms with Gasteiger partial charge in [0.15, 0.2) is 17.6 Å². The minimum atomic E-state index is -1.08. The van der Waals surface area contributed by atoms with Gasteiger partial charge in [0.1, 0.15) is 5.82 Å². The van der Waals surface area contributed by atoms with Gasteiger partial charge in [-0.05, 0) is 62.1 Å². The average Bonchev–Trinajstić information content (AvgIpc) is 2.90. The molecular formula is C28H30BrN3O5. The number of ether oxygens (including phenoxy) is 2. The fourth-order valence-electron chi connectivity index (χ4n) is 4.60. The number of aromatic nitrogens is 2. The third-order valence-electron chi connectivity index (χ3n) is 6.51. The number of carboxylic acids is 1. The maximum absolute atomic E-state index is 13.6. The van der Waals surface area contributed by atoms with Crippen LogP contribution < -0.4 is 15.0 Å². The average molecular weight is 568 g/mol. The number of nitrogens with zero attached hydrogens (tertiary/aromatic N) is 3. The Morgan fingerprint density at radius 1 is 1.30 bits per heavy atom. The minimum Gasteiger partial charge on any atom is -0.493 e. The molecule has 37 heavy (non-hydrogen) atoms. The van der Waals surface area contributed by atoms with Crippen LogP contribution in [0.25, 0.3) is 10.9 Å². The first kappa shape index (κ1) is 26.6. The van der Waals surface area contributed by atoms with Gasteiger partial charge in [-0.25, -0.2) is 9.78 Å². The van der Waals surface area contributed by atoms with Crippen molar-refractivity contribution in [3.05, 3.63) is 74.8 Å². The Morgan fingerprint density at radius 2 is 2.05 bits per heavy atom. The predicted octanol–water partition coefficient (Wildman–Crippen LogP) is 5.68. The Kier molecular flexibility index (Phi) is 8.43. The largest absolute Gasteiger partial charge is 0.493 e. The number of rotatable bonds is 9. The van der Waals surface area contributed by atoms with Crippen LogP contribution >= 0.6 is 15.9 Å². The normalized spacial score (nSPS) is 15.1. The topological polar surface area (TPSA) is 103 Å². The lowest BCUT2D eigenvalue weighted by Gasteiger charge is -2.22. The highest BCUT2D eigenvalue weighted by Crippen LogP contribution is 2.35. The molecule has 0 radical (unpaired) electrons. The molecule has 4 rings (SSSR count). The predicted molar refractivity (Wildman–Crippen MR) is 147 cm³/mol. The molecule has 0 amide bonds. The van der Waals surface area contributed by atoms with Crippen LogP contribution in [0.3, 0.4) is 0 Å². The van der Waals surface area contributed by atoms with Crippen LogP contribution in [0.5, 0.6) is 11.5 Å². The van der Waals surface area contributed by atoms with Crippen LogP contribution in [-0.2, 0) is 11.2 Å². The van der Waals surface area contributed by atoms with Crippen molar-refractivity contribution in [1.82, 2.24) is 9.66 Å². The van der Waals surface area contributed by atoms with E-state index in [9.17, 15) is 14.7 Å². The molecule has 194 valence electrons. The Balaban J connectivity index is 1.82. The van der Waals surface area contributed by atoms with Gasteiger partial charge in [0.05, 0.1) is 24.2 Å². The highest BCUT2D eigenvalue weighted by atomic mass is 79.9. The number of benzene rings is 2. The standard InChI is InChI=1S/C28H30BrN3O5/c1-4-8-20-13-18(14-24(36-3)25(20)37-17(2)28(34)35)16-30-32-26(19-9-6-5-7-10-19)31-23-12-11-21(29)15-22(23)27(32)33/h4,11-17,19H,1,5-10H2,2-3H3,(H,34,35)/t17-/m0/s1. The second kappa shape index (κ2) is 11.7. The van der Waals surface area contributed by atoms with E-state index in [-0.39, 0.29) is 11.5 Å². The van der Waals surface area contributed by atoms with Gasteiger partial charge in [-0.3, -0.25) is 4.79 Å². The zero-order chi connectivity index (χ0) is 26.5. The molecule has 1 aliphatic rings. The zero-order valence-corrected chi connectivity index (χ0v) is 22.5. The number of carboxylic acid groups (broad SMARTS) is 1. The third-order valence-corrected chi connectivity index (χ3v) is 7.00. The van der Waals surface area contributed by atoms with Gasteiger partial charge < -0.3 is 14.6 Å². The van der Waals surface area contributed by atoms with E-state index in [0.29, 0.717) is 45.8 Å². The highest BCUT2D eigenvalue weighted by Gasteiger charge is 2.23. The smallest absolute Gasteiger partial charge is 0.344 e. The Labute approximate surface area is 223 Å². The summed E-state index contributed by atoms with van der Waals surface area (Å²) in [7, 11) is 1.49. The second-order valence-corrected chi connectivity index (χ2v) is 10.0. The van der Waals surface area contributed by atoms with Gasteiger partial charge in [0, 0.05) is 16.0 Å². The summed E-state index contributed by atoms with van der Waals surface area (Å²) < 4.78 is 13.4. The first-order valence-electron chi connectivity index (χ1n) is 12.3. The van der Waals surface area contributed by atoms with Gasteiger partial charge in [-0.2, -0.15) is 9.78 Å². The third kappa shape index (κ3) is 5.93. The first-order chi connectivity index (χ1) is 17.8. The first-order valence-corrected chi connectivity index (χ1v) is 13.1. The lowest BCUT2D eigenvalue weighted by atomic mass is 9.88. The van der Waals surface area contributed by atoms with Gasteiger partial charge >= 0.3 is 5.97 Å². The molecule has 2 aromatic carbocycles. The van der Waals surface area contributed by atoms with E-state index in [4.69, 9.17) is 14.5 Å². The number of fused-ring (bicyclic) bond motifs is 1.